The van der Waals surface area contributed by atoms with Crippen LogP contribution < -0.4 is 11.1 Å². The standard InChI is InChI=1S/C11H20N2O2/c1-11(7-15-6-9(11)12)10(14)13-8-4-2-3-5-8/h8-9H,2-7,12H2,1H3,(H,13,14). The normalized spacial score (nSPS) is 37.1. The third kappa shape index (κ3) is 2.01. The minimum atomic E-state index is -0.525. The number of hydrogen-bond acceptors (Lipinski definition) is 3. The van der Waals surface area contributed by atoms with Crippen molar-refractivity contribution in [1.82, 2.24) is 5.32 Å². The molecule has 3 N–H and O–H groups in total. The van der Waals surface area contributed by atoms with Crippen LogP contribution in [0.5, 0.6) is 0 Å². The number of hydrogen-bond donors (Lipinski definition) is 2. The number of nitrogens with one attached hydrogen (secondary N) is 1. The van der Waals surface area contributed by atoms with Gasteiger partial charge in [-0.2, -0.15) is 0 Å². The molecule has 0 aromatic rings. The van der Waals surface area contributed by atoms with Crippen molar-refractivity contribution in [3.63, 3.8) is 0 Å². The van der Waals surface area contributed by atoms with Crippen LogP contribution in [0.15, 0.2) is 0 Å². The third-order valence-electron chi connectivity index (χ3n) is 3.73. The smallest absolute Gasteiger partial charge is 0.230 e. The van der Waals surface area contributed by atoms with Gasteiger partial charge < -0.3 is 15.8 Å². The van der Waals surface area contributed by atoms with Gasteiger partial charge in [0.15, 0.2) is 0 Å². The molecule has 1 amide bonds. The minimum absolute atomic E-state index is 0.0689. The lowest BCUT2D eigenvalue weighted by Gasteiger charge is -2.27. The number of nitrogens with two attached hydrogens (primary N) is 1. The van der Waals surface area contributed by atoms with Gasteiger partial charge >= 0.3 is 0 Å². The van der Waals surface area contributed by atoms with E-state index in [-0.39, 0.29) is 11.9 Å². The second kappa shape index (κ2) is 4.10. The van der Waals surface area contributed by atoms with E-state index >= 15 is 0 Å². The first kappa shape index (κ1) is 10.9. The van der Waals surface area contributed by atoms with Gasteiger partial charge in [0.1, 0.15) is 0 Å². The predicted octanol–water partition coefficient (Wildman–Crippen LogP) is 0.409. The average molecular weight is 212 g/mol. The first-order valence-corrected chi connectivity index (χ1v) is 5.77. The summed E-state index contributed by atoms with van der Waals surface area (Å²) in [5, 5.41) is 3.09. The molecule has 1 aliphatic heterocycles. The Labute approximate surface area is 90.5 Å². The Morgan fingerprint density at radius 1 is 1.47 bits per heavy atom. The fourth-order valence-electron chi connectivity index (χ4n) is 2.34. The first-order valence-electron chi connectivity index (χ1n) is 5.77. The van der Waals surface area contributed by atoms with E-state index in [4.69, 9.17) is 10.5 Å². The van der Waals surface area contributed by atoms with Crippen LogP contribution in [0.25, 0.3) is 0 Å². The molecule has 0 aromatic heterocycles. The molecule has 86 valence electrons. The largest absolute Gasteiger partial charge is 0.379 e. The van der Waals surface area contributed by atoms with Crippen LogP contribution >= 0.6 is 0 Å². The van der Waals surface area contributed by atoms with Crippen molar-refractivity contribution in [3.05, 3.63) is 0 Å². The molecule has 2 aliphatic rings. The Kier molecular flexibility index (Phi) is 2.98. The van der Waals surface area contributed by atoms with E-state index < -0.39 is 5.41 Å². The van der Waals surface area contributed by atoms with Gasteiger partial charge in [-0.1, -0.05) is 12.8 Å². The van der Waals surface area contributed by atoms with Gasteiger partial charge in [0, 0.05) is 12.1 Å². The predicted molar refractivity (Wildman–Crippen MR) is 57.3 cm³/mol. The van der Waals surface area contributed by atoms with Gasteiger partial charge in [-0.25, -0.2) is 0 Å². The zero-order valence-corrected chi connectivity index (χ0v) is 9.29. The highest BCUT2D eigenvalue weighted by atomic mass is 16.5. The van der Waals surface area contributed by atoms with E-state index in [1.54, 1.807) is 0 Å². The summed E-state index contributed by atoms with van der Waals surface area (Å²) in [7, 11) is 0. The molecule has 2 unspecified atom stereocenters. The Morgan fingerprint density at radius 2 is 2.13 bits per heavy atom. The summed E-state index contributed by atoms with van der Waals surface area (Å²) in [6, 6.07) is 0.195. The van der Waals surface area contributed by atoms with E-state index in [0.717, 1.165) is 12.8 Å². The molecule has 1 saturated heterocycles. The topological polar surface area (TPSA) is 64.3 Å². The molecule has 2 fully saturated rings. The molecule has 0 radical (unpaired) electrons. The van der Waals surface area contributed by atoms with Crippen LogP contribution in [-0.2, 0) is 9.53 Å². The highest BCUT2D eigenvalue weighted by Gasteiger charge is 2.44. The Balaban J connectivity index is 1.94. The lowest BCUT2D eigenvalue weighted by atomic mass is 9.84. The molecule has 0 bridgehead atoms. The summed E-state index contributed by atoms with van der Waals surface area (Å²) in [6.07, 6.45) is 4.67. The molecule has 1 heterocycles. The summed E-state index contributed by atoms with van der Waals surface area (Å²) in [5.74, 6) is 0.0689. The summed E-state index contributed by atoms with van der Waals surface area (Å²) in [5.41, 5.74) is 5.38. The summed E-state index contributed by atoms with van der Waals surface area (Å²) < 4.78 is 5.27. The maximum absolute atomic E-state index is 12.1. The Hall–Kier alpha value is -0.610. The van der Waals surface area contributed by atoms with Crippen LogP contribution in [0.4, 0.5) is 0 Å². The van der Waals surface area contributed by atoms with Crippen molar-refractivity contribution >= 4 is 5.91 Å². The highest BCUT2D eigenvalue weighted by molar-refractivity contribution is 5.83. The van der Waals surface area contributed by atoms with Crippen molar-refractivity contribution in [2.45, 2.75) is 44.7 Å². The minimum Gasteiger partial charge on any atom is -0.379 e. The van der Waals surface area contributed by atoms with Crippen LogP contribution in [0.3, 0.4) is 0 Å². The second-order valence-electron chi connectivity index (χ2n) is 4.99. The first-order chi connectivity index (χ1) is 7.13. The zero-order chi connectivity index (χ0) is 10.9. The van der Waals surface area contributed by atoms with Crippen LogP contribution in [0.1, 0.15) is 32.6 Å². The maximum Gasteiger partial charge on any atom is 0.230 e. The second-order valence-corrected chi connectivity index (χ2v) is 4.99. The average Bonchev–Trinajstić information content (AvgIpc) is 2.79. The quantitative estimate of drug-likeness (QED) is 0.696. The number of carbonyl (C=O) groups excluding carboxylic acids is 1. The van der Waals surface area contributed by atoms with Gasteiger partial charge in [0.05, 0.1) is 18.6 Å². The van der Waals surface area contributed by atoms with Crippen molar-refractivity contribution in [3.8, 4) is 0 Å². The van der Waals surface area contributed by atoms with Gasteiger partial charge in [0.25, 0.3) is 0 Å². The number of ether oxygens (including phenoxy) is 1. The third-order valence-corrected chi connectivity index (χ3v) is 3.73. The van der Waals surface area contributed by atoms with E-state index in [1.807, 2.05) is 6.92 Å². The molecule has 0 aromatic carbocycles. The molecule has 15 heavy (non-hydrogen) atoms. The summed E-state index contributed by atoms with van der Waals surface area (Å²) in [4.78, 5) is 12.1. The lowest BCUT2D eigenvalue weighted by Crippen LogP contribution is -2.51. The summed E-state index contributed by atoms with van der Waals surface area (Å²) >= 11 is 0. The van der Waals surface area contributed by atoms with Crippen molar-refractivity contribution in [2.75, 3.05) is 13.2 Å². The molecule has 0 spiro atoms. The van der Waals surface area contributed by atoms with Crippen molar-refractivity contribution in [2.24, 2.45) is 11.1 Å². The van der Waals surface area contributed by atoms with Gasteiger partial charge in [0.2, 0.25) is 5.91 Å². The van der Waals surface area contributed by atoms with E-state index in [1.165, 1.54) is 12.8 Å². The van der Waals surface area contributed by atoms with Gasteiger partial charge in [-0.3, -0.25) is 4.79 Å². The molecular formula is C11H20N2O2. The number of rotatable bonds is 2. The Bertz CT molecular complexity index is 251. The lowest BCUT2D eigenvalue weighted by molar-refractivity contribution is -0.131. The molecule has 1 saturated carbocycles. The highest BCUT2D eigenvalue weighted by Crippen LogP contribution is 2.28. The monoisotopic (exact) mass is 212 g/mol. The molecule has 4 nitrogen and oxygen atoms in total. The molecule has 1 aliphatic carbocycles. The Morgan fingerprint density at radius 3 is 2.67 bits per heavy atom. The summed E-state index contributed by atoms with van der Waals surface area (Å²) in [6.45, 7) is 2.84. The zero-order valence-electron chi connectivity index (χ0n) is 9.29. The van der Waals surface area contributed by atoms with Gasteiger partial charge in [-0.05, 0) is 19.8 Å². The van der Waals surface area contributed by atoms with E-state index in [0.29, 0.717) is 19.3 Å². The van der Waals surface area contributed by atoms with Crippen LogP contribution in [0, 0.1) is 5.41 Å². The SMILES string of the molecule is CC1(C(=O)NC2CCCC2)COCC1N. The molecule has 2 rings (SSSR count). The van der Waals surface area contributed by atoms with Crippen LogP contribution in [-0.4, -0.2) is 31.2 Å². The van der Waals surface area contributed by atoms with E-state index in [9.17, 15) is 4.79 Å². The van der Waals surface area contributed by atoms with Gasteiger partial charge in [-0.15, -0.1) is 0 Å². The van der Waals surface area contributed by atoms with Crippen molar-refractivity contribution in [1.29, 1.82) is 0 Å². The molecular weight excluding hydrogens is 192 g/mol. The molecule has 2 atom stereocenters. The number of amides is 1. The molecule has 4 heteroatoms. The van der Waals surface area contributed by atoms with Crippen LogP contribution in [0.2, 0.25) is 0 Å². The fraction of sp³-hybridized carbons (Fsp3) is 0.909. The van der Waals surface area contributed by atoms with E-state index in [2.05, 4.69) is 5.32 Å². The fourth-order valence-corrected chi connectivity index (χ4v) is 2.34. The van der Waals surface area contributed by atoms with Crippen molar-refractivity contribution < 1.29 is 9.53 Å². The maximum atomic E-state index is 12.1. The number of carbonyl (C=O) groups is 1.